The number of hydrogen-bond acceptors (Lipinski definition) is 4. The monoisotopic (exact) mass is 263 g/mol. The molecule has 6 nitrogen and oxygen atoms in total. The molecule has 0 aromatic carbocycles. The van der Waals surface area contributed by atoms with Gasteiger partial charge in [0.25, 0.3) is 0 Å². The molecule has 2 heterocycles. The molecular formula is C13H21N5O. The summed E-state index contributed by atoms with van der Waals surface area (Å²) < 4.78 is 3.76. The average molecular weight is 263 g/mol. The summed E-state index contributed by atoms with van der Waals surface area (Å²) in [6.07, 6.45) is 6.54. The second-order valence-electron chi connectivity index (χ2n) is 4.59. The summed E-state index contributed by atoms with van der Waals surface area (Å²) in [5.74, 6) is 0. The quantitative estimate of drug-likeness (QED) is 0.797. The van der Waals surface area contributed by atoms with Gasteiger partial charge in [-0.2, -0.15) is 10.2 Å². The predicted octanol–water partition coefficient (Wildman–Crippen LogP) is 1.65. The Morgan fingerprint density at radius 3 is 3.00 bits per heavy atom. The van der Waals surface area contributed by atoms with Crippen LogP contribution in [0, 0.1) is 0 Å². The van der Waals surface area contributed by atoms with Crippen molar-refractivity contribution in [3.05, 3.63) is 30.4 Å². The van der Waals surface area contributed by atoms with Crippen LogP contribution in [-0.4, -0.2) is 31.3 Å². The number of hydrogen-bond donors (Lipinski definition) is 2. The van der Waals surface area contributed by atoms with Crippen LogP contribution in [0.4, 0.5) is 5.69 Å². The number of aliphatic hydroxyl groups is 1. The van der Waals surface area contributed by atoms with Crippen LogP contribution in [0.2, 0.25) is 0 Å². The predicted molar refractivity (Wildman–Crippen MR) is 73.9 cm³/mol. The fourth-order valence-corrected chi connectivity index (χ4v) is 1.92. The highest BCUT2D eigenvalue weighted by Gasteiger charge is 2.08. The highest BCUT2D eigenvalue weighted by molar-refractivity contribution is 5.38. The van der Waals surface area contributed by atoms with E-state index >= 15 is 0 Å². The maximum absolute atomic E-state index is 8.84. The van der Waals surface area contributed by atoms with Crippen LogP contribution >= 0.6 is 0 Å². The van der Waals surface area contributed by atoms with E-state index in [4.69, 9.17) is 5.11 Å². The first kappa shape index (κ1) is 13.6. The Kier molecular flexibility index (Phi) is 4.57. The largest absolute Gasteiger partial charge is 0.394 e. The van der Waals surface area contributed by atoms with Crippen LogP contribution < -0.4 is 5.32 Å². The van der Waals surface area contributed by atoms with Gasteiger partial charge in [-0.1, -0.05) is 6.92 Å². The molecule has 2 N–H and O–H groups in total. The lowest BCUT2D eigenvalue weighted by molar-refractivity contribution is 0.269. The summed E-state index contributed by atoms with van der Waals surface area (Å²) in [5.41, 5.74) is 2.11. The number of nitrogens with zero attached hydrogens (tertiary/aromatic N) is 4. The molecule has 0 saturated carbocycles. The Hall–Kier alpha value is -1.82. The zero-order valence-electron chi connectivity index (χ0n) is 11.5. The van der Waals surface area contributed by atoms with E-state index in [0.29, 0.717) is 12.6 Å². The van der Waals surface area contributed by atoms with Crippen molar-refractivity contribution in [2.24, 2.45) is 0 Å². The summed E-state index contributed by atoms with van der Waals surface area (Å²) in [6, 6.07) is 2.43. The molecule has 0 radical (unpaired) electrons. The van der Waals surface area contributed by atoms with Crippen molar-refractivity contribution in [2.45, 2.75) is 39.4 Å². The van der Waals surface area contributed by atoms with E-state index in [1.54, 1.807) is 10.9 Å². The molecule has 0 aliphatic rings. The van der Waals surface area contributed by atoms with Crippen LogP contribution in [-0.2, 0) is 13.1 Å². The van der Waals surface area contributed by atoms with Crippen molar-refractivity contribution in [3.63, 3.8) is 0 Å². The van der Waals surface area contributed by atoms with Gasteiger partial charge in [-0.15, -0.1) is 0 Å². The van der Waals surface area contributed by atoms with E-state index in [2.05, 4.69) is 29.4 Å². The van der Waals surface area contributed by atoms with Crippen LogP contribution in [0.15, 0.2) is 24.7 Å². The molecule has 1 unspecified atom stereocenters. The molecule has 0 aliphatic carbocycles. The van der Waals surface area contributed by atoms with E-state index in [0.717, 1.165) is 24.3 Å². The molecule has 2 aromatic rings. The minimum Gasteiger partial charge on any atom is -0.394 e. The van der Waals surface area contributed by atoms with E-state index in [1.807, 2.05) is 23.1 Å². The maximum atomic E-state index is 8.84. The van der Waals surface area contributed by atoms with Crippen molar-refractivity contribution < 1.29 is 5.11 Å². The van der Waals surface area contributed by atoms with Gasteiger partial charge in [-0.25, -0.2) is 0 Å². The molecule has 0 bridgehead atoms. The number of aromatic nitrogens is 4. The highest BCUT2D eigenvalue weighted by atomic mass is 16.3. The summed E-state index contributed by atoms with van der Waals surface area (Å²) in [4.78, 5) is 0. The van der Waals surface area contributed by atoms with Crippen molar-refractivity contribution in [3.8, 4) is 0 Å². The zero-order valence-corrected chi connectivity index (χ0v) is 11.5. The lowest BCUT2D eigenvalue weighted by atomic mass is 10.2. The highest BCUT2D eigenvalue weighted by Crippen LogP contribution is 2.14. The molecule has 2 rings (SSSR count). The van der Waals surface area contributed by atoms with Crippen LogP contribution in [0.5, 0.6) is 0 Å². The smallest absolute Gasteiger partial charge is 0.0729 e. The van der Waals surface area contributed by atoms with Gasteiger partial charge in [0.05, 0.1) is 37.3 Å². The van der Waals surface area contributed by atoms with Crippen LogP contribution in [0.1, 0.15) is 32.0 Å². The van der Waals surface area contributed by atoms with Gasteiger partial charge >= 0.3 is 0 Å². The molecule has 1 atom stereocenters. The number of rotatable bonds is 7. The van der Waals surface area contributed by atoms with E-state index < -0.39 is 0 Å². The standard InChI is InChI=1S/C13H21N5O/c1-3-11(2)18-13(4-5-15-18)9-14-12-8-16-17(10-12)6-7-19/h4-5,8,10-11,14,19H,3,6-7,9H2,1-2H3. The summed E-state index contributed by atoms with van der Waals surface area (Å²) >= 11 is 0. The molecule has 19 heavy (non-hydrogen) atoms. The van der Waals surface area contributed by atoms with Gasteiger partial charge in [0.1, 0.15) is 0 Å². The third kappa shape index (κ3) is 3.35. The molecule has 6 heteroatoms. The summed E-state index contributed by atoms with van der Waals surface area (Å²) in [6.45, 7) is 5.65. The first-order valence-corrected chi connectivity index (χ1v) is 6.64. The fourth-order valence-electron chi connectivity index (χ4n) is 1.92. The lowest BCUT2D eigenvalue weighted by Crippen LogP contribution is -2.12. The fraction of sp³-hybridized carbons (Fsp3) is 0.538. The second-order valence-corrected chi connectivity index (χ2v) is 4.59. The number of nitrogens with one attached hydrogen (secondary N) is 1. The summed E-state index contributed by atoms with van der Waals surface area (Å²) in [7, 11) is 0. The lowest BCUT2D eigenvalue weighted by Gasteiger charge is -2.14. The van der Waals surface area contributed by atoms with Crippen molar-refractivity contribution in [2.75, 3.05) is 11.9 Å². The minimum atomic E-state index is 0.0991. The topological polar surface area (TPSA) is 67.9 Å². The van der Waals surface area contributed by atoms with Gasteiger partial charge in [0, 0.05) is 18.4 Å². The van der Waals surface area contributed by atoms with Gasteiger partial charge in [-0.3, -0.25) is 9.36 Å². The molecule has 2 aromatic heterocycles. The molecule has 104 valence electrons. The Morgan fingerprint density at radius 1 is 1.42 bits per heavy atom. The maximum Gasteiger partial charge on any atom is 0.0729 e. The Morgan fingerprint density at radius 2 is 2.26 bits per heavy atom. The summed E-state index contributed by atoms with van der Waals surface area (Å²) in [5, 5.41) is 20.7. The van der Waals surface area contributed by atoms with E-state index in [1.165, 1.54) is 0 Å². The second kappa shape index (κ2) is 6.38. The normalized spacial score (nSPS) is 12.6. The third-order valence-electron chi connectivity index (χ3n) is 3.20. The Balaban J connectivity index is 1.96. The molecular weight excluding hydrogens is 242 g/mol. The van der Waals surface area contributed by atoms with Crippen molar-refractivity contribution in [1.29, 1.82) is 0 Å². The number of aliphatic hydroxyl groups excluding tert-OH is 1. The van der Waals surface area contributed by atoms with Gasteiger partial charge in [-0.05, 0) is 19.4 Å². The average Bonchev–Trinajstić information content (AvgIpc) is 3.04. The van der Waals surface area contributed by atoms with E-state index in [-0.39, 0.29) is 6.61 Å². The molecule has 0 aliphatic heterocycles. The van der Waals surface area contributed by atoms with Crippen LogP contribution in [0.3, 0.4) is 0 Å². The van der Waals surface area contributed by atoms with Gasteiger partial charge in [0.15, 0.2) is 0 Å². The molecule has 0 saturated heterocycles. The zero-order chi connectivity index (χ0) is 13.7. The van der Waals surface area contributed by atoms with Crippen molar-refractivity contribution >= 4 is 5.69 Å². The molecule has 0 spiro atoms. The first-order chi connectivity index (χ1) is 9.24. The van der Waals surface area contributed by atoms with Gasteiger partial charge in [0.2, 0.25) is 0 Å². The Labute approximate surface area is 113 Å². The number of anilines is 1. The van der Waals surface area contributed by atoms with Crippen LogP contribution in [0.25, 0.3) is 0 Å². The molecule has 0 amide bonds. The molecule has 0 fully saturated rings. The third-order valence-corrected chi connectivity index (χ3v) is 3.20. The Bertz CT molecular complexity index is 505. The SMILES string of the molecule is CCC(C)n1nccc1CNc1cnn(CCO)c1. The van der Waals surface area contributed by atoms with E-state index in [9.17, 15) is 0 Å². The minimum absolute atomic E-state index is 0.0991. The van der Waals surface area contributed by atoms with Crippen molar-refractivity contribution in [1.82, 2.24) is 19.6 Å². The first-order valence-electron chi connectivity index (χ1n) is 6.64. The van der Waals surface area contributed by atoms with Gasteiger partial charge < -0.3 is 10.4 Å².